The van der Waals surface area contributed by atoms with Gasteiger partial charge in [0.15, 0.2) is 0 Å². The maximum absolute atomic E-state index is 8.27. The molecule has 6 radical (unpaired) electrons. The van der Waals surface area contributed by atoms with Crippen molar-refractivity contribution >= 4 is 26.2 Å². The topological polar surface area (TPSA) is 71.4 Å². The number of nitrogens with zero attached hydrogens (tertiary/aromatic N) is 3. The molecule has 6 heteroatoms. The van der Waals surface area contributed by atoms with Gasteiger partial charge >= 0.3 is 26.2 Å². The molecule has 3 nitrogen and oxygen atoms in total. The Morgan fingerprint density at radius 2 is 0.778 bits per heavy atom. The van der Waals surface area contributed by atoms with E-state index in [0.29, 0.717) is 16.7 Å². The Kier molecular flexibility index (Phi) is 20.6. The normalized spacial score (nSPS) is 13.4. The van der Waals surface area contributed by atoms with Crippen molar-refractivity contribution in [3.8, 4) is 18.2 Å². The van der Waals surface area contributed by atoms with Gasteiger partial charge in [0.25, 0.3) is 0 Å². The molecule has 0 heterocycles. The zero-order chi connectivity index (χ0) is 17.5. The van der Waals surface area contributed by atoms with Gasteiger partial charge < -0.3 is 9.41 Å². The molecule has 0 aromatic heterocycles. The summed E-state index contributed by atoms with van der Waals surface area (Å²) in [6, 6.07) is 6.02. The van der Waals surface area contributed by atoms with Crippen molar-refractivity contribution in [2.75, 3.05) is 0 Å². The first-order valence-corrected chi connectivity index (χ1v) is 6.88. The van der Waals surface area contributed by atoms with Crippen LogP contribution in [0.15, 0.2) is 88.6 Å². The van der Waals surface area contributed by atoms with Gasteiger partial charge in [-0.3, -0.25) is 0 Å². The minimum atomic E-state index is 0. The Morgan fingerprint density at radius 1 is 0.519 bits per heavy atom. The van der Waals surface area contributed by atoms with Gasteiger partial charge in [0, 0.05) is 36.0 Å². The van der Waals surface area contributed by atoms with E-state index < -0.39 is 0 Å². The van der Waals surface area contributed by atoms with Crippen LogP contribution in [0.25, 0.3) is 0 Å². The third kappa shape index (κ3) is 13.9. The Bertz CT molecular complexity index is 762. The van der Waals surface area contributed by atoms with Crippen molar-refractivity contribution in [3.05, 3.63) is 108 Å². The summed E-state index contributed by atoms with van der Waals surface area (Å²) in [6.45, 7) is 0. The number of hydrogen-bond donors (Lipinski definition) is 0. The summed E-state index contributed by atoms with van der Waals surface area (Å²) < 4.78 is 0. The second-order valence-electron chi connectivity index (χ2n) is 4.20. The molecule has 0 unspecified atom stereocenters. The Morgan fingerprint density at radius 3 is 0.889 bits per heavy atom. The summed E-state index contributed by atoms with van der Waals surface area (Å²) in [5.74, 6) is 0. The molecule has 0 aromatic rings. The number of nitriles is 3. The summed E-state index contributed by atoms with van der Waals surface area (Å²) in [6.07, 6.45) is 20.7. The Hall–Kier alpha value is -3.01. The van der Waals surface area contributed by atoms with Gasteiger partial charge in [0.2, 0.25) is 0 Å². The molecular formula is C21H12BiF2N3. The first-order valence-electron chi connectivity index (χ1n) is 6.88. The van der Waals surface area contributed by atoms with Crippen molar-refractivity contribution in [2.45, 2.75) is 0 Å². The molecule has 3 aliphatic carbocycles. The molecule has 0 fully saturated rings. The van der Waals surface area contributed by atoms with Crippen molar-refractivity contribution in [2.24, 2.45) is 0 Å². The molecule has 0 saturated heterocycles. The molecule has 0 amide bonds. The van der Waals surface area contributed by atoms with Crippen LogP contribution in [0.2, 0.25) is 0 Å². The van der Waals surface area contributed by atoms with E-state index in [1.54, 1.807) is 73.9 Å². The number of rotatable bonds is 0. The predicted octanol–water partition coefficient (Wildman–Crippen LogP) is -2.28. The van der Waals surface area contributed by atoms with E-state index in [2.05, 4.69) is 17.2 Å². The maximum Gasteiger partial charge on any atom is 2.00 e. The van der Waals surface area contributed by atoms with Crippen LogP contribution in [0.1, 0.15) is 0 Å². The molecule has 0 aliphatic heterocycles. The van der Waals surface area contributed by atoms with E-state index in [1.807, 2.05) is 18.2 Å². The molecule has 0 saturated carbocycles. The zero-order valence-corrected chi connectivity index (χ0v) is 17.5. The summed E-state index contributed by atoms with van der Waals surface area (Å²) >= 11 is 0. The average Bonchev–Trinajstić information content (AvgIpc) is 2.71. The minimum Gasteiger partial charge on any atom is -1.00 e. The quantitative estimate of drug-likeness (QED) is 0.251. The third-order valence-corrected chi connectivity index (χ3v) is 2.54. The van der Waals surface area contributed by atoms with Crippen LogP contribution in [-0.4, -0.2) is 26.2 Å². The van der Waals surface area contributed by atoms with Crippen LogP contribution in [-0.2, 0) is 0 Å². The van der Waals surface area contributed by atoms with Crippen molar-refractivity contribution in [1.29, 1.82) is 15.8 Å². The van der Waals surface area contributed by atoms with E-state index in [1.165, 1.54) is 0 Å². The first-order chi connectivity index (χ1) is 11.8. The van der Waals surface area contributed by atoms with Crippen LogP contribution < -0.4 is 9.41 Å². The van der Waals surface area contributed by atoms with Gasteiger partial charge in [-0.05, 0) is 54.7 Å². The van der Waals surface area contributed by atoms with E-state index >= 15 is 0 Å². The van der Waals surface area contributed by atoms with Crippen LogP contribution >= 0.6 is 0 Å². The fraction of sp³-hybridized carbons (Fsp3) is 0. The number of allylic oxidation sites excluding steroid dienone is 9. The molecule has 0 N–H and O–H groups in total. The molecule has 3 aliphatic rings. The summed E-state index contributed by atoms with van der Waals surface area (Å²) in [5, 5.41) is 24.8. The molecule has 27 heavy (non-hydrogen) atoms. The Labute approximate surface area is 177 Å². The van der Waals surface area contributed by atoms with E-state index in [0.717, 1.165) is 0 Å². The SMILES string of the molecule is N#CC1=CC=C=C[CH]1.N#CC1=CC=C=C[CH]1.N#CC1=CC=C=C[CH]1.[Bi+2].[F-].[F-]. The van der Waals surface area contributed by atoms with Crippen molar-refractivity contribution in [1.82, 2.24) is 0 Å². The first kappa shape index (κ1) is 28.8. The smallest absolute Gasteiger partial charge is 1.00 e. The standard InChI is InChI=1S/3C7H4N.Bi.2FH/c3*8-6-7-4-2-1-3-5-7;;;/h3*2-5H;;2*1H/q;;;+2;;/p-2. The molecule has 0 spiro atoms. The number of hydrogen-bond acceptors (Lipinski definition) is 3. The minimum absolute atomic E-state index is 0. The van der Waals surface area contributed by atoms with E-state index in [9.17, 15) is 0 Å². The fourth-order valence-corrected chi connectivity index (χ4v) is 1.38. The van der Waals surface area contributed by atoms with Gasteiger partial charge in [-0.25, -0.2) is 0 Å². The Balaban J connectivity index is -0.000000303. The summed E-state index contributed by atoms with van der Waals surface area (Å²) in [7, 11) is 0. The van der Waals surface area contributed by atoms with Gasteiger partial charge in [0.05, 0.1) is 18.2 Å². The summed E-state index contributed by atoms with van der Waals surface area (Å²) in [4.78, 5) is 0. The maximum atomic E-state index is 8.27. The zero-order valence-electron chi connectivity index (χ0n) is 14.0. The van der Waals surface area contributed by atoms with E-state index in [4.69, 9.17) is 15.8 Å². The van der Waals surface area contributed by atoms with Crippen LogP contribution in [0, 0.1) is 53.3 Å². The second kappa shape index (κ2) is 19.3. The van der Waals surface area contributed by atoms with Gasteiger partial charge in [-0.15, -0.1) is 17.2 Å². The average molecular weight is 553 g/mol. The molecule has 0 atom stereocenters. The van der Waals surface area contributed by atoms with Gasteiger partial charge in [-0.1, -0.05) is 0 Å². The second-order valence-corrected chi connectivity index (χ2v) is 4.20. The third-order valence-electron chi connectivity index (χ3n) is 2.54. The van der Waals surface area contributed by atoms with Crippen LogP contribution in [0.5, 0.6) is 0 Å². The molecular weight excluding hydrogens is 541 g/mol. The van der Waals surface area contributed by atoms with Crippen molar-refractivity contribution < 1.29 is 9.41 Å². The van der Waals surface area contributed by atoms with Gasteiger partial charge in [-0.2, -0.15) is 15.8 Å². The molecule has 3 rings (SSSR count). The fourth-order valence-electron chi connectivity index (χ4n) is 1.38. The molecule has 130 valence electrons. The monoisotopic (exact) mass is 553 g/mol. The largest absolute Gasteiger partial charge is 2.00 e. The van der Waals surface area contributed by atoms with Crippen LogP contribution in [0.4, 0.5) is 0 Å². The number of halogens is 2. The summed E-state index contributed by atoms with van der Waals surface area (Å²) in [5.41, 5.74) is 10.5. The molecule has 0 aromatic carbocycles. The molecule has 0 bridgehead atoms. The van der Waals surface area contributed by atoms with Gasteiger partial charge in [0.1, 0.15) is 0 Å². The van der Waals surface area contributed by atoms with Crippen molar-refractivity contribution in [3.63, 3.8) is 0 Å². The van der Waals surface area contributed by atoms with E-state index in [-0.39, 0.29) is 35.6 Å². The van der Waals surface area contributed by atoms with Crippen LogP contribution in [0.3, 0.4) is 0 Å². The predicted molar refractivity (Wildman–Crippen MR) is 97.7 cm³/mol.